The van der Waals surface area contributed by atoms with Crippen molar-refractivity contribution in [3.63, 3.8) is 0 Å². The van der Waals surface area contributed by atoms with Crippen LogP contribution in [-0.2, 0) is 4.79 Å². The molecule has 2 rings (SSSR count). The topological polar surface area (TPSA) is 44.4 Å². The molecule has 1 aliphatic heterocycles. The molecular formula is C12H23N3O. The van der Waals surface area contributed by atoms with E-state index in [0.29, 0.717) is 5.92 Å². The molecule has 1 amide bonds. The normalized spacial score (nSPS) is 23.5. The van der Waals surface area contributed by atoms with Crippen LogP contribution in [0.3, 0.4) is 0 Å². The van der Waals surface area contributed by atoms with E-state index in [0.717, 1.165) is 52.1 Å². The lowest BCUT2D eigenvalue weighted by Gasteiger charge is -2.27. The second-order valence-electron chi connectivity index (χ2n) is 4.86. The van der Waals surface area contributed by atoms with Crippen molar-refractivity contribution >= 4 is 5.91 Å². The fourth-order valence-corrected chi connectivity index (χ4v) is 2.60. The fraction of sp³-hybridized carbons (Fsp3) is 0.917. The largest absolute Gasteiger partial charge is 0.355 e. The molecule has 4 nitrogen and oxygen atoms in total. The predicted molar refractivity (Wildman–Crippen MR) is 64.3 cm³/mol. The van der Waals surface area contributed by atoms with Crippen molar-refractivity contribution in [2.24, 2.45) is 5.92 Å². The Morgan fingerprint density at radius 3 is 2.62 bits per heavy atom. The Bertz CT molecular complexity index is 220. The van der Waals surface area contributed by atoms with Gasteiger partial charge in [0.15, 0.2) is 0 Å². The molecule has 0 aromatic heterocycles. The summed E-state index contributed by atoms with van der Waals surface area (Å²) >= 11 is 0. The predicted octanol–water partition coefficient (Wildman–Crippen LogP) is 0.198. The van der Waals surface area contributed by atoms with Crippen LogP contribution >= 0.6 is 0 Å². The highest BCUT2D eigenvalue weighted by Gasteiger charge is 2.22. The minimum absolute atomic E-state index is 0.285. The lowest BCUT2D eigenvalue weighted by molar-refractivity contribution is -0.124. The number of carbonyl (C=O) groups is 1. The maximum Gasteiger partial charge on any atom is 0.223 e. The minimum Gasteiger partial charge on any atom is -0.355 e. The molecule has 0 atom stereocenters. The van der Waals surface area contributed by atoms with E-state index in [1.165, 1.54) is 12.8 Å². The zero-order valence-electron chi connectivity index (χ0n) is 10.0. The van der Waals surface area contributed by atoms with E-state index >= 15 is 0 Å². The molecule has 1 saturated heterocycles. The molecule has 0 spiro atoms. The van der Waals surface area contributed by atoms with Crippen LogP contribution in [0.2, 0.25) is 0 Å². The number of hydrogen-bond acceptors (Lipinski definition) is 3. The van der Waals surface area contributed by atoms with Gasteiger partial charge in [0.1, 0.15) is 0 Å². The van der Waals surface area contributed by atoms with Gasteiger partial charge in [-0.1, -0.05) is 12.8 Å². The first-order valence-corrected chi connectivity index (χ1v) is 6.57. The Morgan fingerprint density at radius 1 is 1.25 bits per heavy atom. The van der Waals surface area contributed by atoms with Gasteiger partial charge in [-0.15, -0.1) is 0 Å². The molecule has 92 valence electrons. The third-order valence-corrected chi connectivity index (χ3v) is 3.66. The van der Waals surface area contributed by atoms with Gasteiger partial charge in [0, 0.05) is 45.2 Å². The second-order valence-corrected chi connectivity index (χ2v) is 4.86. The monoisotopic (exact) mass is 225 g/mol. The Morgan fingerprint density at radius 2 is 1.94 bits per heavy atom. The summed E-state index contributed by atoms with van der Waals surface area (Å²) in [6, 6.07) is 0. The lowest BCUT2D eigenvalue weighted by Crippen LogP contribution is -2.46. The van der Waals surface area contributed by atoms with Crippen molar-refractivity contribution in [3.8, 4) is 0 Å². The van der Waals surface area contributed by atoms with Crippen LogP contribution < -0.4 is 10.6 Å². The van der Waals surface area contributed by atoms with Crippen LogP contribution in [0.4, 0.5) is 0 Å². The SMILES string of the molecule is O=C(NCCN1CCNCC1)C1CCCC1. The summed E-state index contributed by atoms with van der Waals surface area (Å²) in [5.74, 6) is 0.593. The highest BCUT2D eigenvalue weighted by molar-refractivity contribution is 5.78. The minimum atomic E-state index is 0.285. The highest BCUT2D eigenvalue weighted by Crippen LogP contribution is 2.24. The van der Waals surface area contributed by atoms with E-state index in [1.807, 2.05) is 0 Å². The summed E-state index contributed by atoms with van der Waals surface area (Å²) in [4.78, 5) is 14.2. The van der Waals surface area contributed by atoms with E-state index < -0.39 is 0 Å². The molecule has 2 N–H and O–H groups in total. The lowest BCUT2D eigenvalue weighted by atomic mass is 10.1. The Kier molecular flexibility index (Phi) is 4.60. The third-order valence-electron chi connectivity index (χ3n) is 3.66. The van der Waals surface area contributed by atoms with E-state index in [-0.39, 0.29) is 5.91 Å². The van der Waals surface area contributed by atoms with E-state index in [1.54, 1.807) is 0 Å². The van der Waals surface area contributed by atoms with Gasteiger partial charge in [0.05, 0.1) is 0 Å². The molecule has 1 saturated carbocycles. The van der Waals surface area contributed by atoms with Gasteiger partial charge in [-0.25, -0.2) is 0 Å². The molecule has 0 aromatic carbocycles. The van der Waals surface area contributed by atoms with Crippen LogP contribution in [0.5, 0.6) is 0 Å². The molecule has 0 bridgehead atoms. The quantitative estimate of drug-likeness (QED) is 0.718. The highest BCUT2D eigenvalue weighted by atomic mass is 16.1. The number of nitrogens with one attached hydrogen (secondary N) is 2. The Balaban J connectivity index is 1.57. The second kappa shape index (κ2) is 6.21. The molecule has 4 heteroatoms. The maximum atomic E-state index is 11.7. The van der Waals surface area contributed by atoms with Crippen LogP contribution in [0.25, 0.3) is 0 Å². The summed E-state index contributed by atoms with van der Waals surface area (Å²) < 4.78 is 0. The van der Waals surface area contributed by atoms with Crippen LogP contribution in [0.1, 0.15) is 25.7 Å². The third kappa shape index (κ3) is 3.46. The first kappa shape index (κ1) is 11.9. The Hall–Kier alpha value is -0.610. The molecule has 0 aromatic rings. The average molecular weight is 225 g/mol. The molecule has 0 unspecified atom stereocenters. The molecule has 1 heterocycles. The van der Waals surface area contributed by atoms with Crippen LogP contribution in [0.15, 0.2) is 0 Å². The maximum absolute atomic E-state index is 11.7. The Labute approximate surface area is 97.8 Å². The molecule has 0 radical (unpaired) electrons. The van der Waals surface area contributed by atoms with E-state index in [2.05, 4.69) is 15.5 Å². The molecular weight excluding hydrogens is 202 g/mol. The van der Waals surface area contributed by atoms with Gasteiger partial charge in [0.25, 0.3) is 0 Å². The van der Waals surface area contributed by atoms with Gasteiger partial charge < -0.3 is 10.6 Å². The van der Waals surface area contributed by atoms with Gasteiger partial charge in [-0.3, -0.25) is 9.69 Å². The summed E-state index contributed by atoms with van der Waals surface area (Å²) in [7, 11) is 0. The fourth-order valence-electron chi connectivity index (χ4n) is 2.60. The van der Waals surface area contributed by atoms with Gasteiger partial charge >= 0.3 is 0 Å². The van der Waals surface area contributed by atoms with Gasteiger partial charge in [-0.2, -0.15) is 0 Å². The van der Waals surface area contributed by atoms with Crippen molar-refractivity contribution in [2.75, 3.05) is 39.3 Å². The number of carbonyl (C=O) groups excluding carboxylic acids is 1. The van der Waals surface area contributed by atoms with Crippen LogP contribution in [0, 0.1) is 5.92 Å². The van der Waals surface area contributed by atoms with E-state index in [9.17, 15) is 4.79 Å². The van der Waals surface area contributed by atoms with Crippen molar-refractivity contribution in [3.05, 3.63) is 0 Å². The number of nitrogens with zero attached hydrogens (tertiary/aromatic N) is 1. The summed E-state index contributed by atoms with van der Waals surface area (Å²) in [5.41, 5.74) is 0. The number of hydrogen-bond donors (Lipinski definition) is 2. The van der Waals surface area contributed by atoms with Gasteiger partial charge in [0.2, 0.25) is 5.91 Å². The summed E-state index contributed by atoms with van der Waals surface area (Å²) in [6.45, 7) is 6.20. The van der Waals surface area contributed by atoms with Crippen LogP contribution in [-0.4, -0.2) is 50.1 Å². The smallest absolute Gasteiger partial charge is 0.223 e. The molecule has 2 aliphatic rings. The standard InChI is InChI=1S/C12H23N3O/c16-12(11-3-1-2-4-11)14-7-10-15-8-5-13-6-9-15/h11,13H,1-10H2,(H,14,16). The molecule has 2 fully saturated rings. The average Bonchev–Trinajstić information content (AvgIpc) is 2.84. The number of rotatable bonds is 4. The van der Waals surface area contributed by atoms with E-state index in [4.69, 9.17) is 0 Å². The molecule has 16 heavy (non-hydrogen) atoms. The summed E-state index contributed by atoms with van der Waals surface area (Å²) in [5, 5.41) is 6.40. The number of piperazine rings is 1. The first-order chi connectivity index (χ1) is 7.86. The first-order valence-electron chi connectivity index (χ1n) is 6.57. The molecule has 1 aliphatic carbocycles. The van der Waals surface area contributed by atoms with Gasteiger partial charge in [-0.05, 0) is 12.8 Å². The van der Waals surface area contributed by atoms with Crippen molar-refractivity contribution < 1.29 is 4.79 Å². The zero-order valence-corrected chi connectivity index (χ0v) is 10.0. The zero-order chi connectivity index (χ0) is 11.2. The summed E-state index contributed by atoms with van der Waals surface area (Å²) in [6.07, 6.45) is 4.66. The van der Waals surface area contributed by atoms with Crippen molar-refractivity contribution in [2.45, 2.75) is 25.7 Å². The van der Waals surface area contributed by atoms with Crippen molar-refractivity contribution in [1.29, 1.82) is 0 Å². The number of amides is 1. The van der Waals surface area contributed by atoms with Crippen molar-refractivity contribution in [1.82, 2.24) is 15.5 Å².